The van der Waals surface area contributed by atoms with Crippen molar-refractivity contribution in [1.29, 1.82) is 0 Å². The van der Waals surface area contributed by atoms with Gasteiger partial charge in [0.05, 0.1) is 7.11 Å². The molecule has 3 nitrogen and oxygen atoms in total. The second-order valence-corrected chi connectivity index (χ2v) is 3.93. The first-order chi connectivity index (χ1) is 8.63. The second-order valence-electron chi connectivity index (χ2n) is 3.93. The molecule has 4 heteroatoms. The van der Waals surface area contributed by atoms with E-state index >= 15 is 0 Å². The molecular weight excluding hydrogens is 233 g/mol. The average Bonchev–Trinajstić information content (AvgIpc) is 2.38. The molecule has 0 aromatic heterocycles. The van der Waals surface area contributed by atoms with Gasteiger partial charge in [-0.15, -0.1) is 0 Å². The summed E-state index contributed by atoms with van der Waals surface area (Å²) in [5, 5.41) is 10.2. The second kappa shape index (κ2) is 5.06. The topological polar surface area (TPSA) is 55.5 Å². The lowest BCUT2D eigenvalue weighted by Gasteiger charge is -2.14. The van der Waals surface area contributed by atoms with Crippen LogP contribution in [0, 0.1) is 5.82 Å². The summed E-state index contributed by atoms with van der Waals surface area (Å²) in [6.07, 6.45) is -0.952. The first-order valence-corrected chi connectivity index (χ1v) is 5.49. The molecule has 0 amide bonds. The Labute approximate surface area is 105 Å². The SMILES string of the molecule is COc1ccc(C(O)c2ccccc2N)cc1F. The molecular formula is C14H14FNO2. The molecule has 0 saturated carbocycles. The normalized spacial score (nSPS) is 12.2. The summed E-state index contributed by atoms with van der Waals surface area (Å²) in [6.45, 7) is 0. The number of hydrogen-bond donors (Lipinski definition) is 2. The lowest BCUT2D eigenvalue weighted by Crippen LogP contribution is -2.04. The number of hydrogen-bond acceptors (Lipinski definition) is 3. The van der Waals surface area contributed by atoms with E-state index in [4.69, 9.17) is 10.5 Å². The van der Waals surface area contributed by atoms with Gasteiger partial charge in [0.25, 0.3) is 0 Å². The lowest BCUT2D eigenvalue weighted by molar-refractivity contribution is 0.220. The fraction of sp³-hybridized carbons (Fsp3) is 0.143. The number of anilines is 1. The van der Waals surface area contributed by atoms with Crippen molar-refractivity contribution in [2.75, 3.05) is 12.8 Å². The Balaban J connectivity index is 2.37. The molecule has 0 aliphatic rings. The van der Waals surface area contributed by atoms with Gasteiger partial charge in [-0.1, -0.05) is 24.3 Å². The van der Waals surface area contributed by atoms with Gasteiger partial charge >= 0.3 is 0 Å². The molecule has 2 aromatic rings. The van der Waals surface area contributed by atoms with Crippen LogP contribution in [0.15, 0.2) is 42.5 Å². The number of benzene rings is 2. The van der Waals surface area contributed by atoms with Gasteiger partial charge in [0.1, 0.15) is 6.10 Å². The molecule has 18 heavy (non-hydrogen) atoms. The highest BCUT2D eigenvalue weighted by molar-refractivity contribution is 5.50. The summed E-state index contributed by atoms with van der Waals surface area (Å²) in [4.78, 5) is 0. The van der Waals surface area contributed by atoms with Crippen LogP contribution in [0.25, 0.3) is 0 Å². The summed E-state index contributed by atoms with van der Waals surface area (Å²) < 4.78 is 18.4. The number of aliphatic hydroxyl groups is 1. The number of rotatable bonds is 3. The lowest BCUT2D eigenvalue weighted by atomic mass is 10.00. The largest absolute Gasteiger partial charge is 0.494 e. The Morgan fingerprint density at radius 3 is 2.56 bits per heavy atom. The number of nitrogen functional groups attached to an aromatic ring is 1. The van der Waals surface area contributed by atoms with E-state index in [-0.39, 0.29) is 5.75 Å². The number of nitrogens with two attached hydrogens (primary N) is 1. The third-order valence-corrected chi connectivity index (χ3v) is 2.78. The minimum Gasteiger partial charge on any atom is -0.494 e. The molecule has 2 aromatic carbocycles. The quantitative estimate of drug-likeness (QED) is 0.819. The zero-order chi connectivity index (χ0) is 13.1. The molecule has 0 fully saturated rings. The maximum atomic E-state index is 13.6. The maximum Gasteiger partial charge on any atom is 0.165 e. The zero-order valence-electron chi connectivity index (χ0n) is 9.93. The number of ether oxygens (including phenoxy) is 1. The van der Waals surface area contributed by atoms with E-state index in [1.54, 1.807) is 30.3 Å². The van der Waals surface area contributed by atoms with E-state index in [0.29, 0.717) is 16.8 Å². The predicted molar refractivity (Wildman–Crippen MR) is 67.9 cm³/mol. The van der Waals surface area contributed by atoms with Crippen LogP contribution in [-0.4, -0.2) is 12.2 Å². The van der Waals surface area contributed by atoms with E-state index in [9.17, 15) is 9.50 Å². The van der Waals surface area contributed by atoms with Gasteiger partial charge in [-0.25, -0.2) is 4.39 Å². The first-order valence-electron chi connectivity index (χ1n) is 5.49. The Hall–Kier alpha value is -2.07. The van der Waals surface area contributed by atoms with Crippen molar-refractivity contribution in [2.45, 2.75) is 6.10 Å². The molecule has 0 radical (unpaired) electrons. The predicted octanol–water partition coefficient (Wildman–Crippen LogP) is 2.50. The number of methoxy groups -OCH3 is 1. The van der Waals surface area contributed by atoms with Crippen LogP contribution >= 0.6 is 0 Å². The van der Waals surface area contributed by atoms with E-state index in [2.05, 4.69) is 0 Å². The van der Waals surface area contributed by atoms with Crippen molar-refractivity contribution < 1.29 is 14.2 Å². The zero-order valence-corrected chi connectivity index (χ0v) is 9.93. The summed E-state index contributed by atoms with van der Waals surface area (Å²) in [6, 6.07) is 11.3. The van der Waals surface area contributed by atoms with Gasteiger partial charge in [-0.05, 0) is 23.8 Å². The van der Waals surface area contributed by atoms with Gasteiger partial charge in [0.2, 0.25) is 0 Å². The summed E-state index contributed by atoms with van der Waals surface area (Å²) in [5.74, 6) is -0.365. The minimum atomic E-state index is -0.952. The summed E-state index contributed by atoms with van der Waals surface area (Å²) in [5.41, 5.74) is 7.24. The van der Waals surface area contributed by atoms with Crippen LogP contribution in [-0.2, 0) is 0 Å². The first kappa shape index (κ1) is 12.4. The highest BCUT2D eigenvalue weighted by atomic mass is 19.1. The number of halogens is 1. The molecule has 94 valence electrons. The minimum absolute atomic E-state index is 0.145. The van der Waals surface area contributed by atoms with Crippen molar-refractivity contribution in [3.05, 3.63) is 59.4 Å². The standard InChI is InChI=1S/C14H14FNO2/c1-18-13-7-6-9(8-11(13)15)14(17)10-4-2-3-5-12(10)16/h2-8,14,17H,16H2,1H3. The third-order valence-electron chi connectivity index (χ3n) is 2.78. The van der Waals surface area contributed by atoms with Crippen LogP contribution in [0.5, 0.6) is 5.75 Å². The van der Waals surface area contributed by atoms with Crippen LogP contribution < -0.4 is 10.5 Å². The molecule has 0 aliphatic carbocycles. The van der Waals surface area contributed by atoms with Gasteiger partial charge in [0.15, 0.2) is 11.6 Å². The van der Waals surface area contributed by atoms with Gasteiger partial charge in [-0.3, -0.25) is 0 Å². The van der Waals surface area contributed by atoms with Gasteiger partial charge in [0, 0.05) is 11.3 Å². The molecule has 0 saturated heterocycles. The third kappa shape index (κ3) is 2.28. The van der Waals surface area contributed by atoms with Gasteiger partial charge in [-0.2, -0.15) is 0 Å². The fourth-order valence-electron chi connectivity index (χ4n) is 1.79. The molecule has 3 N–H and O–H groups in total. The van der Waals surface area contributed by atoms with Crippen molar-refractivity contribution in [2.24, 2.45) is 0 Å². The number of para-hydroxylation sites is 1. The molecule has 1 unspecified atom stereocenters. The van der Waals surface area contributed by atoms with Crippen molar-refractivity contribution in [1.82, 2.24) is 0 Å². The summed E-state index contributed by atoms with van der Waals surface area (Å²) in [7, 11) is 1.39. The fourth-order valence-corrected chi connectivity index (χ4v) is 1.79. The van der Waals surface area contributed by atoms with Crippen molar-refractivity contribution in [3.63, 3.8) is 0 Å². The monoisotopic (exact) mass is 247 g/mol. The molecule has 0 aliphatic heterocycles. The Kier molecular flexibility index (Phi) is 3.48. The Morgan fingerprint density at radius 2 is 1.94 bits per heavy atom. The highest BCUT2D eigenvalue weighted by Crippen LogP contribution is 2.29. The van der Waals surface area contributed by atoms with Gasteiger partial charge < -0.3 is 15.6 Å². The highest BCUT2D eigenvalue weighted by Gasteiger charge is 2.15. The summed E-state index contributed by atoms with van der Waals surface area (Å²) >= 11 is 0. The van der Waals surface area contributed by atoms with Crippen molar-refractivity contribution >= 4 is 5.69 Å². The van der Waals surface area contributed by atoms with E-state index in [1.807, 2.05) is 0 Å². The smallest absolute Gasteiger partial charge is 0.165 e. The molecule has 0 bridgehead atoms. The van der Waals surface area contributed by atoms with Crippen LogP contribution in [0.1, 0.15) is 17.2 Å². The molecule has 0 spiro atoms. The average molecular weight is 247 g/mol. The number of aliphatic hydroxyl groups excluding tert-OH is 1. The maximum absolute atomic E-state index is 13.6. The molecule has 0 heterocycles. The van der Waals surface area contributed by atoms with E-state index in [1.165, 1.54) is 19.2 Å². The Morgan fingerprint density at radius 1 is 1.22 bits per heavy atom. The Bertz CT molecular complexity index is 557. The van der Waals surface area contributed by atoms with Crippen LogP contribution in [0.2, 0.25) is 0 Å². The molecule has 2 rings (SSSR count). The molecule has 1 atom stereocenters. The van der Waals surface area contributed by atoms with E-state index < -0.39 is 11.9 Å². The van der Waals surface area contributed by atoms with Crippen LogP contribution in [0.3, 0.4) is 0 Å². The van der Waals surface area contributed by atoms with Crippen molar-refractivity contribution in [3.8, 4) is 5.75 Å². The van der Waals surface area contributed by atoms with E-state index in [0.717, 1.165) is 0 Å². The van der Waals surface area contributed by atoms with Crippen LogP contribution in [0.4, 0.5) is 10.1 Å².